The SMILES string of the molecule is CCCCCC(=O)Oc1ccc(C(=O)O)cc1OC. The number of benzene rings is 1. The fraction of sp³-hybridized carbons (Fsp3) is 0.429. The number of carboxylic acid groups (broad SMARTS) is 1. The van der Waals surface area contributed by atoms with Crippen molar-refractivity contribution < 1.29 is 24.2 Å². The topological polar surface area (TPSA) is 72.8 Å². The number of methoxy groups -OCH3 is 1. The van der Waals surface area contributed by atoms with Gasteiger partial charge in [0, 0.05) is 6.42 Å². The number of ether oxygens (including phenoxy) is 2. The van der Waals surface area contributed by atoms with Gasteiger partial charge in [0.05, 0.1) is 12.7 Å². The molecule has 0 spiro atoms. The highest BCUT2D eigenvalue weighted by Gasteiger charge is 2.13. The lowest BCUT2D eigenvalue weighted by Gasteiger charge is -2.09. The van der Waals surface area contributed by atoms with Gasteiger partial charge in [-0.3, -0.25) is 4.79 Å². The second-order valence-electron chi connectivity index (χ2n) is 4.10. The molecule has 0 aliphatic heterocycles. The van der Waals surface area contributed by atoms with Crippen LogP contribution in [0, 0.1) is 0 Å². The van der Waals surface area contributed by atoms with Crippen molar-refractivity contribution in [2.24, 2.45) is 0 Å². The van der Waals surface area contributed by atoms with Crippen molar-refractivity contribution in [3.8, 4) is 11.5 Å². The van der Waals surface area contributed by atoms with Crippen molar-refractivity contribution in [3.05, 3.63) is 23.8 Å². The summed E-state index contributed by atoms with van der Waals surface area (Å²) in [6.07, 6.45) is 3.14. The average Bonchev–Trinajstić information content (AvgIpc) is 2.39. The van der Waals surface area contributed by atoms with Gasteiger partial charge in [-0.25, -0.2) is 4.79 Å². The number of hydrogen-bond donors (Lipinski definition) is 1. The quantitative estimate of drug-likeness (QED) is 0.466. The minimum Gasteiger partial charge on any atom is -0.493 e. The van der Waals surface area contributed by atoms with E-state index in [4.69, 9.17) is 14.6 Å². The number of unbranched alkanes of at least 4 members (excludes halogenated alkanes) is 2. The molecule has 5 nitrogen and oxygen atoms in total. The minimum atomic E-state index is -1.06. The summed E-state index contributed by atoms with van der Waals surface area (Å²) in [5.74, 6) is -0.910. The van der Waals surface area contributed by atoms with Gasteiger partial charge >= 0.3 is 11.9 Å². The van der Waals surface area contributed by atoms with Crippen molar-refractivity contribution in [2.75, 3.05) is 7.11 Å². The Kier molecular flexibility index (Phi) is 5.85. The van der Waals surface area contributed by atoms with Crippen LogP contribution < -0.4 is 9.47 Å². The largest absolute Gasteiger partial charge is 0.493 e. The third kappa shape index (κ3) is 4.62. The first-order valence-corrected chi connectivity index (χ1v) is 6.20. The van der Waals surface area contributed by atoms with Crippen molar-refractivity contribution in [2.45, 2.75) is 32.6 Å². The highest BCUT2D eigenvalue weighted by molar-refractivity contribution is 5.88. The average molecular weight is 266 g/mol. The smallest absolute Gasteiger partial charge is 0.335 e. The maximum Gasteiger partial charge on any atom is 0.335 e. The lowest BCUT2D eigenvalue weighted by atomic mass is 10.2. The molecule has 0 bridgehead atoms. The molecule has 0 atom stereocenters. The number of aromatic carboxylic acids is 1. The Labute approximate surface area is 112 Å². The van der Waals surface area contributed by atoms with Crippen LogP contribution in [0.4, 0.5) is 0 Å². The normalized spacial score (nSPS) is 10.0. The van der Waals surface area contributed by atoms with Gasteiger partial charge in [-0.1, -0.05) is 19.8 Å². The predicted octanol–water partition coefficient (Wildman–Crippen LogP) is 2.88. The summed E-state index contributed by atoms with van der Waals surface area (Å²) in [7, 11) is 1.40. The summed E-state index contributed by atoms with van der Waals surface area (Å²) in [6.45, 7) is 2.05. The van der Waals surface area contributed by atoms with Crippen LogP contribution in [0.2, 0.25) is 0 Å². The molecule has 104 valence electrons. The van der Waals surface area contributed by atoms with Gasteiger partial charge in [0.2, 0.25) is 0 Å². The number of carboxylic acids is 1. The molecule has 1 N–H and O–H groups in total. The molecular weight excluding hydrogens is 248 g/mol. The summed E-state index contributed by atoms with van der Waals surface area (Å²) >= 11 is 0. The Morgan fingerprint density at radius 1 is 1.21 bits per heavy atom. The number of carbonyl (C=O) groups is 2. The Morgan fingerprint density at radius 3 is 2.53 bits per heavy atom. The maximum atomic E-state index is 11.6. The second kappa shape index (κ2) is 7.41. The number of hydrogen-bond acceptors (Lipinski definition) is 4. The highest BCUT2D eigenvalue weighted by Crippen LogP contribution is 2.28. The van der Waals surface area contributed by atoms with Crippen LogP contribution in [0.3, 0.4) is 0 Å². The lowest BCUT2D eigenvalue weighted by Crippen LogP contribution is -2.09. The molecule has 0 aliphatic rings. The molecule has 0 aliphatic carbocycles. The van der Waals surface area contributed by atoms with E-state index in [2.05, 4.69) is 6.92 Å². The number of rotatable bonds is 7. The highest BCUT2D eigenvalue weighted by atomic mass is 16.6. The molecule has 0 saturated carbocycles. The van der Waals surface area contributed by atoms with E-state index < -0.39 is 5.97 Å². The molecule has 0 fully saturated rings. The van der Waals surface area contributed by atoms with Crippen LogP contribution in [0.15, 0.2) is 18.2 Å². The van der Waals surface area contributed by atoms with Gasteiger partial charge in [-0.2, -0.15) is 0 Å². The molecule has 1 aromatic carbocycles. The van der Waals surface area contributed by atoms with E-state index in [-0.39, 0.29) is 23.0 Å². The molecule has 0 amide bonds. The second-order valence-corrected chi connectivity index (χ2v) is 4.10. The van der Waals surface area contributed by atoms with E-state index >= 15 is 0 Å². The van der Waals surface area contributed by atoms with Crippen LogP contribution in [0.5, 0.6) is 11.5 Å². The summed E-state index contributed by atoms with van der Waals surface area (Å²) in [4.78, 5) is 22.4. The van der Waals surface area contributed by atoms with Crippen LogP contribution in [-0.2, 0) is 4.79 Å². The Balaban J connectivity index is 2.72. The fourth-order valence-electron chi connectivity index (χ4n) is 1.58. The monoisotopic (exact) mass is 266 g/mol. The molecule has 19 heavy (non-hydrogen) atoms. The van der Waals surface area contributed by atoms with Crippen molar-refractivity contribution in [1.82, 2.24) is 0 Å². The maximum absolute atomic E-state index is 11.6. The summed E-state index contributed by atoms with van der Waals surface area (Å²) in [5.41, 5.74) is 0.0858. The molecule has 5 heteroatoms. The predicted molar refractivity (Wildman–Crippen MR) is 69.7 cm³/mol. The lowest BCUT2D eigenvalue weighted by molar-refractivity contribution is -0.134. The van der Waals surface area contributed by atoms with Crippen LogP contribution >= 0.6 is 0 Å². The first kappa shape index (κ1) is 15.0. The number of carbonyl (C=O) groups excluding carboxylic acids is 1. The molecular formula is C14H18O5. The third-order valence-electron chi connectivity index (χ3n) is 2.62. The van der Waals surface area contributed by atoms with Gasteiger partial charge < -0.3 is 14.6 Å². The van der Waals surface area contributed by atoms with Gasteiger partial charge in [-0.15, -0.1) is 0 Å². The van der Waals surface area contributed by atoms with Crippen molar-refractivity contribution >= 4 is 11.9 Å². The Bertz CT molecular complexity index is 453. The molecule has 0 unspecified atom stereocenters. The first-order chi connectivity index (χ1) is 9.08. The first-order valence-electron chi connectivity index (χ1n) is 6.20. The molecule has 0 radical (unpaired) electrons. The van der Waals surface area contributed by atoms with Crippen LogP contribution in [-0.4, -0.2) is 24.2 Å². The van der Waals surface area contributed by atoms with E-state index in [0.717, 1.165) is 19.3 Å². The fourth-order valence-corrected chi connectivity index (χ4v) is 1.58. The van der Waals surface area contributed by atoms with E-state index in [1.54, 1.807) is 0 Å². The molecule has 0 heterocycles. The molecule has 1 aromatic rings. The van der Waals surface area contributed by atoms with Gasteiger partial charge in [0.25, 0.3) is 0 Å². The van der Waals surface area contributed by atoms with Crippen molar-refractivity contribution in [1.29, 1.82) is 0 Å². The number of esters is 1. The van der Waals surface area contributed by atoms with E-state index in [1.165, 1.54) is 25.3 Å². The Morgan fingerprint density at radius 2 is 1.95 bits per heavy atom. The van der Waals surface area contributed by atoms with Gasteiger partial charge in [0.15, 0.2) is 11.5 Å². The Hall–Kier alpha value is -2.04. The summed E-state index contributed by atoms with van der Waals surface area (Å²) < 4.78 is 10.2. The van der Waals surface area contributed by atoms with Gasteiger partial charge in [-0.05, 0) is 24.6 Å². The van der Waals surface area contributed by atoms with Crippen LogP contribution in [0.1, 0.15) is 43.0 Å². The molecule has 0 saturated heterocycles. The summed E-state index contributed by atoms with van der Waals surface area (Å²) in [5, 5.41) is 8.86. The van der Waals surface area contributed by atoms with E-state index in [9.17, 15) is 9.59 Å². The van der Waals surface area contributed by atoms with Crippen LogP contribution in [0.25, 0.3) is 0 Å². The van der Waals surface area contributed by atoms with Crippen molar-refractivity contribution in [3.63, 3.8) is 0 Å². The zero-order valence-electron chi connectivity index (χ0n) is 11.1. The zero-order valence-corrected chi connectivity index (χ0v) is 11.1. The standard InChI is InChI=1S/C14H18O5/c1-3-4-5-6-13(15)19-11-8-7-10(14(16)17)9-12(11)18-2/h7-9H,3-6H2,1-2H3,(H,16,17). The van der Waals surface area contributed by atoms with E-state index in [0.29, 0.717) is 6.42 Å². The molecule has 0 aromatic heterocycles. The third-order valence-corrected chi connectivity index (χ3v) is 2.62. The minimum absolute atomic E-state index is 0.0858. The van der Waals surface area contributed by atoms with E-state index in [1.807, 2.05) is 0 Å². The zero-order chi connectivity index (χ0) is 14.3. The molecule has 1 rings (SSSR count). The summed E-state index contributed by atoms with van der Waals surface area (Å²) in [6, 6.07) is 4.14. The van der Waals surface area contributed by atoms with Gasteiger partial charge in [0.1, 0.15) is 0 Å².